The summed E-state index contributed by atoms with van der Waals surface area (Å²) in [5.74, 6) is -0.820. The lowest BCUT2D eigenvalue weighted by atomic mass is 10.0. The van der Waals surface area contributed by atoms with Crippen molar-refractivity contribution in [2.75, 3.05) is 6.54 Å². The van der Waals surface area contributed by atoms with Crippen molar-refractivity contribution in [3.63, 3.8) is 0 Å². The fourth-order valence-electron chi connectivity index (χ4n) is 3.97. The van der Waals surface area contributed by atoms with Crippen molar-refractivity contribution in [2.45, 2.75) is 43.5 Å². The zero-order valence-corrected chi connectivity index (χ0v) is 19.0. The van der Waals surface area contributed by atoms with Crippen molar-refractivity contribution in [3.8, 4) is 0 Å². The molecule has 0 saturated carbocycles. The molecule has 6 nitrogen and oxygen atoms in total. The molecule has 0 bridgehead atoms. The van der Waals surface area contributed by atoms with Gasteiger partial charge >= 0.3 is 0 Å². The highest BCUT2D eigenvalue weighted by Gasteiger charge is 2.32. The van der Waals surface area contributed by atoms with E-state index in [-0.39, 0.29) is 16.8 Å². The zero-order valence-electron chi connectivity index (χ0n) is 17.4. The maximum atomic E-state index is 13.5. The van der Waals surface area contributed by atoms with Gasteiger partial charge in [-0.1, -0.05) is 24.7 Å². The average molecular weight is 462 g/mol. The molecular weight excluding hydrogens is 437 g/mol. The van der Waals surface area contributed by atoms with Gasteiger partial charge < -0.3 is 4.57 Å². The summed E-state index contributed by atoms with van der Waals surface area (Å²) in [6.07, 6.45) is 3.56. The van der Waals surface area contributed by atoms with Crippen molar-refractivity contribution < 1.29 is 17.6 Å². The summed E-state index contributed by atoms with van der Waals surface area (Å²) < 4.78 is 43.7. The SMILES string of the molecule is CC[C@@H]1CCCCN1S(=O)(=O)c1ccc(C(=O)N=c2sc3cc(F)ccc3n2C)cc1. The molecule has 0 unspecified atom stereocenters. The first-order valence-corrected chi connectivity index (χ1v) is 12.5. The number of halogens is 1. The highest BCUT2D eigenvalue weighted by molar-refractivity contribution is 7.89. The van der Waals surface area contributed by atoms with Crippen LogP contribution >= 0.6 is 11.3 Å². The number of amides is 1. The first-order valence-electron chi connectivity index (χ1n) is 10.3. The van der Waals surface area contributed by atoms with Crippen LogP contribution < -0.4 is 4.80 Å². The van der Waals surface area contributed by atoms with E-state index in [4.69, 9.17) is 0 Å². The second kappa shape index (κ2) is 8.64. The number of thiazole rings is 1. The van der Waals surface area contributed by atoms with Crippen LogP contribution in [0.2, 0.25) is 0 Å². The van der Waals surface area contributed by atoms with Crippen LogP contribution in [0.1, 0.15) is 43.0 Å². The van der Waals surface area contributed by atoms with E-state index < -0.39 is 15.9 Å². The molecule has 1 aliphatic heterocycles. The highest BCUT2D eigenvalue weighted by Crippen LogP contribution is 2.27. The molecule has 4 rings (SSSR count). The molecule has 1 aromatic heterocycles. The molecule has 1 atom stereocenters. The molecule has 1 saturated heterocycles. The van der Waals surface area contributed by atoms with Crippen LogP contribution in [0.15, 0.2) is 52.4 Å². The quantitative estimate of drug-likeness (QED) is 0.588. The molecule has 3 aromatic rings. The number of benzene rings is 2. The molecule has 1 fully saturated rings. The summed E-state index contributed by atoms with van der Waals surface area (Å²) in [6.45, 7) is 2.53. The van der Waals surface area contributed by atoms with E-state index in [1.807, 2.05) is 6.92 Å². The number of fused-ring (bicyclic) bond motifs is 1. The Hall–Kier alpha value is -2.36. The van der Waals surface area contributed by atoms with E-state index in [9.17, 15) is 17.6 Å². The summed E-state index contributed by atoms with van der Waals surface area (Å²) in [4.78, 5) is 17.5. The Labute approximate surface area is 184 Å². The molecule has 164 valence electrons. The Kier molecular flexibility index (Phi) is 6.09. The van der Waals surface area contributed by atoms with E-state index in [0.29, 0.717) is 21.6 Å². The lowest BCUT2D eigenvalue weighted by Gasteiger charge is -2.34. The number of sulfonamides is 1. The smallest absolute Gasteiger partial charge is 0.279 e. The molecule has 2 aromatic carbocycles. The number of nitrogens with zero attached hydrogens (tertiary/aromatic N) is 3. The van der Waals surface area contributed by atoms with Gasteiger partial charge in [-0.05, 0) is 61.7 Å². The maximum absolute atomic E-state index is 13.5. The molecular formula is C22H24FN3O3S2. The van der Waals surface area contributed by atoms with Crippen molar-refractivity contribution in [1.29, 1.82) is 0 Å². The van der Waals surface area contributed by atoms with Crippen LogP contribution in [0.25, 0.3) is 10.2 Å². The Morgan fingerprint density at radius 1 is 1.19 bits per heavy atom. The van der Waals surface area contributed by atoms with E-state index in [1.54, 1.807) is 22.0 Å². The molecule has 9 heteroatoms. The van der Waals surface area contributed by atoms with Gasteiger partial charge in [0, 0.05) is 25.2 Å². The van der Waals surface area contributed by atoms with Crippen LogP contribution in [0.4, 0.5) is 4.39 Å². The summed E-state index contributed by atoms with van der Waals surface area (Å²) in [7, 11) is -1.83. The second-order valence-electron chi connectivity index (χ2n) is 7.67. The number of hydrogen-bond donors (Lipinski definition) is 0. The Bertz CT molecular complexity index is 1290. The van der Waals surface area contributed by atoms with Gasteiger partial charge in [0.05, 0.1) is 15.1 Å². The number of aromatic nitrogens is 1. The van der Waals surface area contributed by atoms with Crippen LogP contribution in [-0.4, -0.2) is 35.8 Å². The normalized spacial score (nSPS) is 18.5. The number of hydrogen-bond acceptors (Lipinski definition) is 4. The first-order chi connectivity index (χ1) is 14.8. The van der Waals surface area contributed by atoms with Crippen LogP contribution in [0.3, 0.4) is 0 Å². The standard InChI is InChI=1S/C22H24FN3O3S2/c1-3-17-6-4-5-13-26(17)31(28,29)18-10-7-15(8-11-18)21(27)24-22-25(2)19-12-9-16(23)14-20(19)30-22/h7-12,14,17H,3-6,13H2,1-2H3/t17-/m1/s1. The Morgan fingerprint density at radius 2 is 1.94 bits per heavy atom. The predicted octanol–water partition coefficient (Wildman–Crippen LogP) is 4.07. The fraction of sp³-hybridized carbons (Fsp3) is 0.364. The van der Waals surface area contributed by atoms with Crippen molar-refractivity contribution in [3.05, 3.63) is 58.6 Å². The van der Waals surface area contributed by atoms with Crippen molar-refractivity contribution in [1.82, 2.24) is 8.87 Å². The first kappa shape index (κ1) is 21.9. The molecule has 0 spiro atoms. The van der Waals surface area contributed by atoms with Crippen LogP contribution in [0.5, 0.6) is 0 Å². The van der Waals surface area contributed by atoms with Crippen LogP contribution in [0, 0.1) is 5.82 Å². The molecule has 0 radical (unpaired) electrons. The van der Waals surface area contributed by atoms with E-state index in [1.165, 1.54) is 47.7 Å². The van der Waals surface area contributed by atoms with E-state index in [0.717, 1.165) is 31.2 Å². The zero-order chi connectivity index (χ0) is 22.2. The van der Waals surface area contributed by atoms with Gasteiger partial charge in [-0.25, -0.2) is 12.8 Å². The second-order valence-corrected chi connectivity index (χ2v) is 10.6. The van der Waals surface area contributed by atoms with Crippen LogP contribution in [-0.2, 0) is 17.1 Å². The van der Waals surface area contributed by atoms with Gasteiger partial charge in [-0.3, -0.25) is 4.79 Å². The molecule has 2 heterocycles. The number of aryl methyl sites for hydroxylation is 1. The van der Waals surface area contributed by atoms with Crippen molar-refractivity contribution >= 4 is 37.5 Å². The average Bonchev–Trinajstić information content (AvgIpc) is 3.07. The van der Waals surface area contributed by atoms with E-state index >= 15 is 0 Å². The number of carbonyl (C=O) groups excluding carboxylic acids is 1. The van der Waals surface area contributed by atoms with E-state index in [2.05, 4.69) is 4.99 Å². The largest absolute Gasteiger partial charge is 0.319 e. The van der Waals surface area contributed by atoms with Crippen molar-refractivity contribution in [2.24, 2.45) is 12.0 Å². The lowest BCUT2D eigenvalue weighted by Crippen LogP contribution is -2.43. The monoisotopic (exact) mass is 461 g/mol. The maximum Gasteiger partial charge on any atom is 0.279 e. The summed E-state index contributed by atoms with van der Waals surface area (Å²) in [6, 6.07) is 10.4. The summed E-state index contributed by atoms with van der Waals surface area (Å²) in [5, 5.41) is 0. The van der Waals surface area contributed by atoms with Gasteiger partial charge in [0.15, 0.2) is 4.80 Å². The third-order valence-electron chi connectivity index (χ3n) is 5.72. The topological polar surface area (TPSA) is 71.7 Å². The van der Waals surface area contributed by atoms with Gasteiger partial charge in [-0.15, -0.1) is 0 Å². The minimum atomic E-state index is -3.60. The molecule has 31 heavy (non-hydrogen) atoms. The van der Waals surface area contributed by atoms with Gasteiger partial charge in [0.2, 0.25) is 10.0 Å². The predicted molar refractivity (Wildman–Crippen MR) is 119 cm³/mol. The highest BCUT2D eigenvalue weighted by atomic mass is 32.2. The fourth-order valence-corrected chi connectivity index (χ4v) is 6.78. The summed E-state index contributed by atoms with van der Waals surface area (Å²) >= 11 is 1.22. The Morgan fingerprint density at radius 3 is 2.65 bits per heavy atom. The molecule has 0 N–H and O–H groups in total. The third kappa shape index (κ3) is 4.22. The molecule has 0 aliphatic carbocycles. The van der Waals surface area contributed by atoms with Gasteiger partial charge in [0.25, 0.3) is 5.91 Å². The lowest BCUT2D eigenvalue weighted by molar-refractivity contribution is 0.0998. The minimum Gasteiger partial charge on any atom is -0.319 e. The molecule has 1 aliphatic rings. The van der Waals surface area contributed by atoms with Gasteiger partial charge in [-0.2, -0.15) is 9.30 Å². The molecule has 1 amide bonds. The number of rotatable bonds is 4. The summed E-state index contributed by atoms with van der Waals surface area (Å²) in [5.41, 5.74) is 1.08. The minimum absolute atomic E-state index is 0.0212. The Balaban J connectivity index is 1.62. The third-order valence-corrected chi connectivity index (χ3v) is 8.78. The number of carbonyl (C=O) groups is 1. The van der Waals surface area contributed by atoms with Gasteiger partial charge in [0.1, 0.15) is 5.82 Å². The number of piperidine rings is 1.